The Morgan fingerprint density at radius 2 is 1.68 bits per heavy atom. The monoisotopic (exact) mass is 457 g/mol. The number of carbonyl (C=O) groups excluding carboxylic acids is 2. The van der Waals surface area contributed by atoms with Crippen molar-refractivity contribution in [2.75, 3.05) is 26.2 Å². The van der Waals surface area contributed by atoms with Crippen LogP contribution in [0.1, 0.15) is 39.1 Å². The number of nitrogens with zero attached hydrogens (tertiary/aromatic N) is 3. The van der Waals surface area contributed by atoms with Crippen LogP contribution in [-0.4, -0.2) is 52.8 Å². The maximum absolute atomic E-state index is 13.0. The third-order valence-electron chi connectivity index (χ3n) is 6.42. The largest absolute Gasteiger partial charge is 0.463 e. The number of pyridine rings is 1. The number of amides is 2. The Labute approximate surface area is 189 Å². The molecule has 160 valence electrons. The maximum Gasteiger partial charge on any atom is 0.257 e. The lowest BCUT2D eigenvalue weighted by molar-refractivity contribution is -0.0287. The fourth-order valence-corrected chi connectivity index (χ4v) is 5.11. The summed E-state index contributed by atoms with van der Waals surface area (Å²) in [5, 5.41) is 1.27. The quantitative estimate of drug-likeness (QED) is 0.517. The van der Waals surface area contributed by atoms with Gasteiger partial charge in [0, 0.05) is 42.5 Å². The van der Waals surface area contributed by atoms with Gasteiger partial charge in [-0.25, -0.2) is 4.98 Å². The number of hydrogen-bond donors (Lipinski definition) is 0. The highest BCUT2D eigenvalue weighted by Gasteiger charge is 2.47. The molecule has 31 heavy (non-hydrogen) atoms. The van der Waals surface area contributed by atoms with Crippen LogP contribution >= 0.6 is 23.2 Å². The Kier molecular flexibility index (Phi) is 4.94. The van der Waals surface area contributed by atoms with Gasteiger partial charge in [0.1, 0.15) is 22.2 Å². The van der Waals surface area contributed by atoms with Crippen molar-refractivity contribution in [3.05, 3.63) is 63.6 Å². The molecule has 1 aromatic carbocycles. The van der Waals surface area contributed by atoms with Gasteiger partial charge >= 0.3 is 0 Å². The van der Waals surface area contributed by atoms with Crippen molar-refractivity contribution in [3.63, 3.8) is 0 Å². The topological polar surface area (TPSA) is 66.7 Å². The molecule has 5 rings (SSSR count). The van der Waals surface area contributed by atoms with Crippen LogP contribution in [0.3, 0.4) is 0 Å². The Balaban J connectivity index is 1.22. The summed E-state index contributed by atoms with van der Waals surface area (Å²) in [5.41, 5.74) is 2.98. The average Bonchev–Trinajstić information content (AvgIpc) is 3.13. The van der Waals surface area contributed by atoms with E-state index in [4.69, 9.17) is 27.6 Å². The molecular weight excluding hydrogens is 437 g/mol. The van der Waals surface area contributed by atoms with Crippen LogP contribution in [0.5, 0.6) is 0 Å². The van der Waals surface area contributed by atoms with Gasteiger partial charge in [0.25, 0.3) is 11.8 Å². The molecule has 2 fully saturated rings. The first-order chi connectivity index (χ1) is 14.8. The zero-order chi connectivity index (χ0) is 21.8. The molecule has 0 radical (unpaired) electrons. The zero-order valence-electron chi connectivity index (χ0n) is 17.0. The van der Waals surface area contributed by atoms with Gasteiger partial charge in [0.05, 0.1) is 5.56 Å². The first-order valence-electron chi connectivity index (χ1n) is 10.2. The maximum atomic E-state index is 13.0. The van der Waals surface area contributed by atoms with Crippen molar-refractivity contribution >= 4 is 46.0 Å². The smallest absolute Gasteiger partial charge is 0.257 e. The van der Waals surface area contributed by atoms with E-state index in [1.54, 1.807) is 18.4 Å². The molecule has 0 aliphatic carbocycles. The number of aryl methyl sites for hydroxylation is 1. The first kappa shape index (κ1) is 20.3. The lowest BCUT2D eigenvalue weighted by Crippen LogP contribution is -2.62. The van der Waals surface area contributed by atoms with Crippen LogP contribution in [-0.2, 0) is 0 Å². The number of rotatable bonds is 2. The minimum Gasteiger partial charge on any atom is -0.463 e. The predicted molar refractivity (Wildman–Crippen MR) is 119 cm³/mol. The van der Waals surface area contributed by atoms with E-state index < -0.39 is 0 Å². The SMILES string of the molecule is Cc1ccc2c(C(=O)N3CC4(CCN(C(=O)c5cc(Cl)nc(Cl)c5)CC4)C3)coc2c1. The predicted octanol–water partition coefficient (Wildman–Crippen LogP) is 4.82. The number of aromatic nitrogens is 1. The van der Waals surface area contributed by atoms with Crippen LogP contribution in [0.2, 0.25) is 10.3 Å². The van der Waals surface area contributed by atoms with E-state index in [-0.39, 0.29) is 27.5 Å². The van der Waals surface area contributed by atoms with E-state index in [0.29, 0.717) is 37.3 Å². The van der Waals surface area contributed by atoms with E-state index in [1.165, 1.54) is 0 Å². The van der Waals surface area contributed by atoms with Crippen molar-refractivity contribution in [2.24, 2.45) is 5.41 Å². The van der Waals surface area contributed by atoms with Crippen molar-refractivity contribution in [3.8, 4) is 0 Å². The van der Waals surface area contributed by atoms with Gasteiger partial charge in [-0.2, -0.15) is 0 Å². The number of fused-ring (bicyclic) bond motifs is 1. The number of hydrogen-bond acceptors (Lipinski definition) is 4. The van der Waals surface area contributed by atoms with E-state index in [0.717, 1.165) is 29.4 Å². The second kappa shape index (κ2) is 7.53. The third-order valence-corrected chi connectivity index (χ3v) is 6.81. The molecule has 4 heterocycles. The molecule has 2 amide bonds. The van der Waals surface area contributed by atoms with E-state index in [2.05, 4.69) is 4.98 Å². The Bertz CT molecular complexity index is 1170. The third kappa shape index (κ3) is 3.68. The van der Waals surface area contributed by atoms with Crippen molar-refractivity contribution < 1.29 is 14.0 Å². The molecule has 6 nitrogen and oxygen atoms in total. The van der Waals surface area contributed by atoms with Crippen LogP contribution in [0.25, 0.3) is 11.0 Å². The zero-order valence-corrected chi connectivity index (χ0v) is 18.5. The Morgan fingerprint density at radius 1 is 1.00 bits per heavy atom. The molecule has 8 heteroatoms. The number of benzene rings is 1. The molecule has 0 unspecified atom stereocenters. The molecule has 0 bridgehead atoms. The normalized spacial score (nSPS) is 17.8. The second-order valence-corrected chi connectivity index (χ2v) is 9.38. The molecule has 2 saturated heterocycles. The molecule has 2 aliphatic rings. The lowest BCUT2D eigenvalue weighted by atomic mass is 9.71. The minimum atomic E-state index is -0.0894. The average molecular weight is 458 g/mol. The van der Waals surface area contributed by atoms with Crippen molar-refractivity contribution in [1.29, 1.82) is 0 Å². The van der Waals surface area contributed by atoms with Crippen LogP contribution in [0.4, 0.5) is 0 Å². The molecule has 3 aromatic rings. The van der Waals surface area contributed by atoms with Gasteiger partial charge in [-0.3, -0.25) is 9.59 Å². The van der Waals surface area contributed by atoms with Gasteiger partial charge in [0.15, 0.2) is 0 Å². The molecular formula is C23H21Cl2N3O3. The summed E-state index contributed by atoms with van der Waals surface area (Å²) in [6, 6.07) is 8.96. The highest BCUT2D eigenvalue weighted by molar-refractivity contribution is 6.33. The van der Waals surface area contributed by atoms with Gasteiger partial charge < -0.3 is 14.2 Å². The van der Waals surface area contributed by atoms with Gasteiger partial charge in [0.2, 0.25) is 0 Å². The number of carbonyl (C=O) groups is 2. The summed E-state index contributed by atoms with van der Waals surface area (Å²) in [6.07, 6.45) is 3.28. The van der Waals surface area contributed by atoms with Crippen molar-refractivity contribution in [1.82, 2.24) is 14.8 Å². The van der Waals surface area contributed by atoms with Gasteiger partial charge in [-0.1, -0.05) is 35.3 Å². The number of piperidine rings is 1. The standard InChI is InChI=1S/C23H21Cl2N3O3/c1-14-2-3-16-17(11-31-18(16)8-14)22(30)28-12-23(13-28)4-6-27(7-5-23)21(29)15-9-19(24)26-20(25)10-15/h2-3,8-11H,4-7,12-13H2,1H3. The van der Waals surface area contributed by atoms with E-state index >= 15 is 0 Å². The summed E-state index contributed by atoms with van der Waals surface area (Å²) in [4.78, 5) is 33.4. The molecule has 2 aliphatic heterocycles. The Hall–Kier alpha value is -2.57. The second-order valence-electron chi connectivity index (χ2n) is 8.60. The van der Waals surface area contributed by atoms with Crippen LogP contribution in [0, 0.1) is 12.3 Å². The molecule has 1 spiro atoms. The van der Waals surface area contributed by atoms with Crippen molar-refractivity contribution in [2.45, 2.75) is 19.8 Å². The summed E-state index contributed by atoms with van der Waals surface area (Å²) >= 11 is 11.9. The van der Waals surface area contributed by atoms with E-state index in [9.17, 15) is 9.59 Å². The van der Waals surface area contributed by atoms with Gasteiger partial charge in [-0.05, 0) is 43.5 Å². The first-order valence-corrected chi connectivity index (χ1v) is 11.0. The molecule has 2 aromatic heterocycles. The minimum absolute atomic E-state index is 0.00723. The molecule has 0 N–H and O–H groups in total. The molecule has 0 atom stereocenters. The fourth-order valence-electron chi connectivity index (χ4n) is 4.65. The number of likely N-dealkylation sites (tertiary alicyclic amines) is 2. The summed E-state index contributed by atoms with van der Waals surface area (Å²) in [7, 11) is 0. The summed E-state index contributed by atoms with van der Waals surface area (Å²) < 4.78 is 5.59. The van der Waals surface area contributed by atoms with Gasteiger partial charge in [-0.15, -0.1) is 0 Å². The highest BCUT2D eigenvalue weighted by atomic mass is 35.5. The fraction of sp³-hybridized carbons (Fsp3) is 0.348. The number of halogens is 2. The van der Waals surface area contributed by atoms with Crippen LogP contribution < -0.4 is 0 Å². The van der Waals surface area contributed by atoms with E-state index in [1.807, 2.05) is 34.9 Å². The Morgan fingerprint density at radius 3 is 2.35 bits per heavy atom. The molecule has 0 saturated carbocycles. The highest BCUT2D eigenvalue weighted by Crippen LogP contribution is 2.42. The van der Waals surface area contributed by atoms with Crippen LogP contribution in [0.15, 0.2) is 41.0 Å². The lowest BCUT2D eigenvalue weighted by Gasteiger charge is -2.53. The summed E-state index contributed by atoms with van der Waals surface area (Å²) in [6.45, 7) is 4.70. The number of furan rings is 1. The summed E-state index contributed by atoms with van der Waals surface area (Å²) in [5.74, 6) is -0.0822.